The summed E-state index contributed by atoms with van der Waals surface area (Å²) >= 11 is 1.81. The third-order valence-corrected chi connectivity index (χ3v) is 4.08. The van der Waals surface area contributed by atoms with E-state index in [0.717, 1.165) is 13.1 Å². The molecule has 2 rings (SSSR count). The molecule has 0 unspecified atom stereocenters. The molecular weight excluding hydrogens is 262 g/mol. The maximum absolute atomic E-state index is 3.47. The molecule has 0 spiro atoms. The molecule has 20 heavy (non-hydrogen) atoms. The van der Waals surface area contributed by atoms with Crippen LogP contribution >= 0.6 is 11.8 Å². The number of nitrogens with one attached hydrogen (secondary N) is 1. The van der Waals surface area contributed by atoms with Crippen LogP contribution in [0.2, 0.25) is 0 Å². The van der Waals surface area contributed by atoms with Crippen LogP contribution in [-0.2, 0) is 6.54 Å². The molecule has 0 atom stereocenters. The topological polar surface area (TPSA) is 12.0 Å². The van der Waals surface area contributed by atoms with Crippen molar-refractivity contribution in [1.29, 1.82) is 0 Å². The summed E-state index contributed by atoms with van der Waals surface area (Å²) in [5, 5.41) is 3.47. The van der Waals surface area contributed by atoms with Gasteiger partial charge in [-0.05, 0) is 49.2 Å². The van der Waals surface area contributed by atoms with Crippen molar-refractivity contribution >= 4 is 11.8 Å². The van der Waals surface area contributed by atoms with Crippen LogP contribution < -0.4 is 5.32 Å². The number of hydrogen-bond donors (Lipinski definition) is 1. The summed E-state index contributed by atoms with van der Waals surface area (Å²) in [5.41, 5.74) is 2.65. The van der Waals surface area contributed by atoms with Gasteiger partial charge in [0.1, 0.15) is 0 Å². The molecule has 0 amide bonds. The lowest BCUT2D eigenvalue weighted by atomic mass is 10.2. The van der Waals surface area contributed by atoms with Crippen LogP contribution in [0.25, 0.3) is 0 Å². The highest BCUT2D eigenvalue weighted by Gasteiger charge is 1.99. The molecule has 0 heterocycles. The summed E-state index contributed by atoms with van der Waals surface area (Å²) in [5.74, 6) is 0.700. The van der Waals surface area contributed by atoms with Crippen molar-refractivity contribution in [2.24, 2.45) is 5.92 Å². The Morgan fingerprint density at radius 3 is 2.00 bits per heavy atom. The molecule has 1 N–H and O–H groups in total. The predicted molar refractivity (Wildman–Crippen MR) is 88.3 cm³/mol. The normalized spacial score (nSPS) is 11.0. The highest BCUT2D eigenvalue weighted by atomic mass is 32.2. The quantitative estimate of drug-likeness (QED) is 0.811. The lowest BCUT2D eigenvalue weighted by Crippen LogP contribution is -2.18. The van der Waals surface area contributed by atoms with E-state index < -0.39 is 0 Å². The first kappa shape index (κ1) is 15.1. The van der Waals surface area contributed by atoms with E-state index in [1.54, 1.807) is 0 Å². The fourth-order valence-electron chi connectivity index (χ4n) is 1.92. The SMILES string of the molecule is Cc1ccc(Sc2ccc(CNCC(C)C)cc2)cc1. The van der Waals surface area contributed by atoms with Gasteiger partial charge in [0.2, 0.25) is 0 Å². The Morgan fingerprint density at radius 1 is 0.900 bits per heavy atom. The predicted octanol–water partition coefficient (Wildman–Crippen LogP) is 4.89. The Balaban J connectivity index is 1.89. The zero-order valence-corrected chi connectivity index (χ0v) is 13.3. The second-order valence-corrected chi connectivity index (χ2v) is 6.73. The maximum Gasteiger partial charge on any atom is 0.0205 e. The standard InChI is InChI=1S/C18H23NS/c1-14(2)12-19-13-16-6-10-18(11-7-16)20-17-8-4-15(3)5-9-17/h4-11,14,19H,12-13H2,1-3H3. The van der Waals surface area contributed by atoms with Crippen LogP contribution in [0, 0.1) is 12.8 Å². The van der Waals surface area contributed by atoms with Gasteiger partial charge in [-0.2, -0.15) is 0 Å². The molecule has 2 aromatic rings. The van der Waals surface area contributed by atoms with Gasteiger partial charge < -0.3 is 5.32 Å². The van der Waals surface area contributed by atoms with Gasteiger partial charge in [-0.3, -0.25) is 0 Å². The number of aryl methyl sites for hydroxylation is 1. The van der Waals surface area contributed by atoms with Crippen molar-refractivity contribution in [2.45, 2.75) is 37.1 Å². The van der Waals surface area contributed by atoms with Crippen LogP contribution in [0.5, 0.6) is 0 Å². The summed E-state index contributed by atoms with van der Waals surface area (Å²) < 4.78 is 0. The van der Waals surface area contributed by atoms with E-state index in [1.165, 1.54) is 20.9 Å². The van der Waals surface area contributed by atoms with Gasteiger partial charge in [0, 0.05) is 16.3 Å². The van der Waals surface area contributed by atoms with E-state index in [9.17, 15) is 0 Å². The Bertz CT molecular complexity index is 514. The average molecular weight is 285 g/mol. The van der Waals surface area contributed by atoms with Crippen LogP contribution in [0.4, 0.5) is 0 Å². The highest BCUT2D eigenvalue weighted by molar-refractivity contribution is 7.99. The highest BCUT2D eigenvalue weighted by Crippen LogP contribution is 2.27. The van der Waals surface area contributed by atoms with Gasteiger partial charge in [-0.25, -0.2) is 0 Å². The van der Waals surface area contributed by atoms with E-state index in [-0.39, 0.29) is 0 Å². The van der Waals surface area contributed by atoms with E-state index in [1.807, 2.05) is 11.8 Å². The molecule has 0 saturated heterocycles. The van der Waals surface area contributed by atoms with Crippen molar-refractivity contribution in [3.05, 3.63) is 59.7 Å². The van der Waals surface area contributed by atoms with Crippen LogP contribution in [0.1, 0.15) is 25.0 Å². The molecular formula is C18H23NS. The first-order valence-corrected chi connectivity index (χ1v) is 7.99. The molecule has 0 saturated carbocycles. The third kappa shape index (κ3) is 5.03. The monoisotopic (exact) mass is 285 g/mol. The van der Waals surface area contributed by atoms with E-state index >= 15 is 0 Å². The maximum atomic E-state index is 3.47. The van der Waals surface area contributed by atoms with Crippen LogP contribution in [-0.4, -0.2) is 6.54 Å². The molecule has 2 heteroatoms. The molecule has 0 aliphatic carbocycles. The minimum atomic E-state index is 0.700. The summed E-state index contributed by atoms with van der Waals surface area (Å²) in [6.07, 6.45) is 0. The number of hydrogen-bond acceptors (Lipinski definition) is 2. The molecule has 1 nitrogen and oxygen atoms in total. The Morgan fingerprint density at radius 2 is 1.45 bits per heavy atom. The first-order chi connectivity index (χ1) is 9.63. The second kappa shape index (κ2) is 7.51. The molecule has 106 valence electrons. The smallest absolute Gasteiger partial charge is 0.0205 e. The van der Waals surface area contributed by atoms with Gasteiger partial charge in [0.25, 0.3) is 0 Å². The molecule has 0 fully saturated rings. The molecule has 0 bridgehead atoms. The summed E-state index contributed by atoms with van der Waals surface area (Å²) in [4.78, 5) is 2.59. The Labute approximate surface area is 126 Å². The number of rotatable bonds is 6. The molecule has 2 aromatic carbocycles. The molecule has 0 aliphatic rings. The van der Waals surface area contributed by atoms with Crippen LogP contribution in [0.3, 0.4) is 0 Å². The van der Waals surface area contributed by atoms with E-state index in [2.05, 4.69) is 74.6 Å². The Hall–Kier alpha value is -1.25. The second-order valence-electron chi connectivity index (χ2n) is 5.58. The fraction of sp³-hybridized carbons (Fsp3) is 0.333. The third-order valence-electron chi connectivity index (χ3n) is 3.06. The van der Waals surface area contributed by atoms with Crippen LogP contribution in [0.15, 0.2) is 58.3 Å². The zero-order valence-electron chi connectivity index (χ0n) is 12.5. The van der Waals surface area contributed by atoms with Crippen molar-refractivity contribution in [1.82, 2.24) is 5.32 Å². The molecule has 0 aromatic heterocycles. The average Bonchev–Trinajstić information content (AvgIpc) is 2.43. The van der Waals surface area contributed by atoms with Crippen molar-refractivity contribution < 1.29 is 0 Å². The van der Waals surface area contributed by atoms with Gasteiger partial charge in [0.05, 0.1) is 0 Å². The van der Waals surface area contributed by atoms with Crippen molar-refractivity contribution in [2.75, 3.05) is 6.54 Å². The van der Waals surface area contributed by atoms with Crippen molar-refractivity contribution in [3.8, 4) is 0 Å². The molecule has 0 radical (unpaired) electrons. The Kier molecular flexibility index (Phi) is 5.69. The first-order valence-electron chi connectivity index (χ1n) is 7.17. The zero-order chi connectivity index (χ0) is 14.4. The van der Waals surface area contributed by atoms with E-state index in [0.29, 0.717) is 5.92 Å². The van der Waals surface area contributed by atoms with Gasteiger partial charge >= 0.3 is 0 Å². The minimum absolute atomic E-state index is 0.700. The van der Waals surface area contributed by atoms with Crippen molar-refractivity contribution in [3.63, 3.8) is 0 Å². The molecule has 0 aliphatic heterocycles. The lowest BCUT2D eigenvalue weighted by molar-refractivity contribution is 0.552. The van der Waals surface area contributed by atoms with Gasteiger partial charge in [-0.15, -0.1) is 0 Å². The van der Waals surface area contributed by atoms with Gasteiger partial charge in [-0.1, -0.05) is 55.4 Å². The number of benzene rings is 2. The minimum Gasteiger partial charge on any atom is -0.312 e. The summed E-state index contributed by atoms with van der Waals surface area (Å²) in [6, 6.07) is 17.5. The lowest BCUT2D eigenvalue weighted by Gasteiger charge is -2.08. The fourth-order valence-corrected chi connectivity index (χ4v) is 2.74. The summed E-state index contributed by atoms with van der Waals surface area (Å²) in [6.45, 7) is 8.60. The van der Waals surface area contributed by atoms with E-state index in [4.69, 9.17) is 0 Å². The summed E-state index contributed by atoms with van der Waals surface area (Å²) in [7, 11) is 0. The largest absolute Gasteiger partial charge is 0.312 e. The van der Waals surface area contributed by atoms with Gasteiger partial charge in [0.15, 0.2) is 0 Å².